The molecule has 1 unspecified atom stereocenters. The summed E-state index contributed by atoms with van der Waals surface area (Å²) in [6, 6.07) is 1.95. The summed E-state index contributed by atoms with van der Waals surface area (Å²) in [5.41, 5.74) is 0. The second-order valence-electron chi connectivity index (χ2n) is 6.96. The van der Waals surface area contributed by atoms with Gasteiger partial charge in [0.05, 0.1) is 12.7 Å². The van der Waals surface area contributed by atoms with E-state index in [0.29, 0.717) is 12.0 Å². The monoisotopic (exact) mass is 349 g/mol. The van der Waals surface area contributed by atoms with E-state index in [0.717, 1.165) is 38.7 Å². The molecule has 1 aliphatic carbocycles. The van der Waals surface area contributed by atoms with Gasteiger partial charge in [-0.15, -0.1) is 0 Å². The molecule has 0 aliphatic heterocycles. The van der Waals surface area contributed by atoms with Crippen LogP contribution in [-0.2, 0) is 11.3 Å². The molecule has 0 saturated heterocycles. The second-order valence-corrected chi connectivity index (χ2v) is 6.96. The molecule has 0 spiro atoms. The lowest BCUT2D eigenvalue weighted by Gasteiger charge is -2.17. The molecule has 0 radical (unpaired) electrons. The molecule has 1 aromatic rings. The molecule has 1 heterocycles. The van der Waals surface area contributed by atoms with Gasteiger partial charge in [0.25, 0.3) is 0 Å². The molecule has 6 nitrogen and oxygen atoms in total. The normalized spacial score (nSPS) is 17.9. The first-order valence-electron chi connectivity index (χ1n) is 9.89. The van der Waals surface area contributed by atoms with Crippen molar-refractivity contribution in [2.24, 2.45) is 10.9 Å². The van der Waals surface area contributed by atoms with Gasteiger partial charge in [0.2, 0.25) is 0 Å². The van der Waals surface area contributed by atoms with Crippen LogP contribution in [0, 0.1) is 5.92 Å². The van der Waals surface area contributed by atoms with Crippen LogP contribution in [0.5, 0.6) is 0 Å². The molecule has 6 heteroatoms. The van der Waals surface area contributed by atoms with Crippen LogP contribution in [0.2, 0.25) is 0 Å². The summed E-state index contributed by atoms with van der Waals surface area (Å²) in [6.07, 6.45) is 12.1. The Hall–Kier alpha value is -1.56. The number of nitrogens with one attached hydrogen (secondary N) is 2. The van der Waals surface area contributed by atoms with Crippen LogP contribution in [-0.4, -0.2) is 48.1 Å². The van der Waals surface area contributed by atoms with Crippen molar-refractivity contribution in [3.8, 4) is 0 Å². The summed E-state index contributed by atoms with van der Waals surface area (Å²) in [7, 11) is 0. The van der Waals surface area contributed by atoms with E-state index >= 15 is 0 Å². The minimum Gasteiger partial charge on any atom is -0.376 e. The summed E-state index contributed by atoms with van der Waals surface area (Å²) in [5.74, 6) is 1.32. The third-order valence-electron chi connectivity index (χ3n) is 4.51. The summed E-state index contributed by atoms with van der Waals surface area (Å²) in [4.78, 5) is 4.69. The van der Waals surface area contributed by atoms with E-state index in [1.54, 1.807) is 0 Å². The predicted octanol–water partition coefficient (Wildman–Crippen LogP) is 2.81. The maximum absolute atomic E-state index is 6.03. The molecule has 1 atom stereocenters. The average molecular weight is 350 g/mol. The molecular formula is C19H35N5O. The van der Waals surface area contributed by atoms with Gasteiger partial charge in [-0.1, -0.05) is 32.6 Å². The van der Waals surface area contributed by atoms with Crippen molar-refractivity contribution >= 4 is 5.96 Å². The molecule has 2 N–H and O–H groups in total. The van der Waals surface area contributed by atoms with Crippen LogP contribution in [0.25, 0.3) is 0 Å². The van der Waals surface area contributed by atoms with Crippen molar-refractivity contribution in [3.05, 3.63) is 18.5 Å². The van der Waals surface area contributed by atoms with Gasteiger partial charge in [-0.05, 0) is 31.7 Å². The number of hydrogen-bond donors (Lipinski definition) is 2. The first kappa shape index (κ1) is 19.8. The number of rotatable bonds is 9. The van der Waals surface area contributed by atoms with Crippen LogP contribution in [0.3, 0.4) is 0 Å². The Kier molecular flexibility index (Phi) is 9.41. The van der Waals surface area contributed by atoms with E-state index in [9.17, 15) is 0 Å². The van der Waals surface area contributed by atoms with E-state index in [2.05, 4.69) is 29.6 Å². The first-order valence-corrected chi connectivity index (χ1v) is 9.89. The molecule has 0 bridgehead atoms. The fourth-order valence-electron chi connectivity index (χ4n) is 3.18. The number of ether oxygens (including phenoxy) is 1. The number of aromatic nitrogens is 2. The fraction of sp³-hybridized carbons (Fsp3) is 0.789. The zero-order valence-electron chi connectivity index (χ0n) is 15.9. The Balaban J connectivity index is 1.66. The van der Waals surface area contributed by atoms with Gasteiger partial charge in [-0.25, -0.2) is 0 Å². The molecule has 0 aromatic carbocycles. The highest BCUT2D eigenvalue weighted by Crippen LogP contribution is 2.19. The largest absolute Gasteiger partial charge is 0.376 e. The SMILES string of the molecule is CCNC(=NCC(C)Cn1cccn1)NCCOC1CCCCCC1. The maximum atomic E-state index is 6.03. The summed E-state index contributed by atoms with van der Waals surface area (Å²) in [6.45, 7) is 8.37. The van der Waals surface area contributed by atoms with Crippen molar-refractivity contribution in [1.82, 2.24) is 20.4 Å². The van der Waals surface area contributed by atoms with Crippen molar-refractivity contribution in [2.75, 3.05) is 26.2 Å². The number of nitrogens with zero attached hydrogens (tertiary/aromatic N) is 3. The van der Waals surface area contributed by atoms with Crippen LogP contribution in [0.15, 0.2) is 23.5 Å². The third kappa shape index (κ3) is 8.38. The van der Waals surface area contributed by atoms with Gasteiger partial charge in [0.1, 0.15) is 0 Å². The van der Waals surface area contributed by atoms with Gasteiger partial charge < -0.3 is 15.4 Å². The quantitative estimate of drug-likeness (QED) is 0.311. The zero-order chi connectivity index (χ0) is 17.7. The molecule has 0 amide bonds. The molecule has 142 valence electrons. The lowest BCUT2D eigenvalue weighted by Crippen LogP contribution is -2.39. The van der Waals surface area contributed by atoms with Gasteiger partial charge in [-0.2, -0.15) is 5.10 Å². The van der Waals surface area contributed by atoms with Crippen LogP contribution in [0.4, 0.5) is 0 Å². The minimum atomic E-state index is 0.442. The molecule has 1 fully saturated rings. The summed E-state index contributed by atoms with van der Waals surface area (Å²) >= 11 is 0. The standard InChI is InChI=1S/C19H35N5O/c1-3-20-19(22-15-17(2)16-24-13-8-11-23-24)21-12-14-25-18-9-6-4-5-7-10-18/h8,11,13,17-18H,3-7,9-10,12,14-16H2,1-2H3,(H2,20,21,22). The molecule has 1 aromatic heterocycles. The number of guanidine groups is 1. The van der Waals surface area contributed by atoms with E-state index in [-0.39, 0.29) is 0 Å². The van der Waals surface area contributed by atoms with Crippen LogP contribution >= 0.6 is 0 Å². The summed E-state index contributed by atoms with van der Waals surface area (Å²) < 4.78 is 7.99. The lowest BCUT2D eigenvalue weighted by molar-refractivity contribution is 0.0468. The van der Waals surface area contributed by atoms with Crippen LogP contribution < -0.4 is 10.6 Å². The van der Waals surface area contributed by atoms with Crippen molar-refractivity contribution < 1.29 is 4.74 Å². The Morgan fingerprint density at radius 1 is 1.28 bits per heavy atom. The van der Waals surface area contributed by atoms with E-state index in [1.165, 1.54) is 38.5 Å². The smallest absolute Gasteiger partial charge is 0.191 e. The van der Waals surface area contributed by atoms with E-state index in [4.69, 9.17) is 9.73 Å². The maximum Gasteiger partial charge on any atom is 0.191 e. The highest BCUT2D eigenvalue weighted by molar-refractivity contribution is 5.79. The highest BCUT2D eigenvalue weighted by Gasteiger charge is 2.12. The van der Waals surface area contributed by atoms with Gasteiger partial charge in [-0.3, -0.25) is 9.67 Å². The van der Waals surface area contributed by atoms with Gasteiger partial charge >= 0.3 is 0 Å². The minimum absolute atomic E-state index is 0.442. The van der Waals surface area contributed by atoms with Crippen molar-refractivity contribution in [3.63, 3.8) is 0 Å². The Morgan fingerprint density at radius 2 is 2.08 bits per heavy atom. The zero-order valence-corrected chi connectivity index (χ0v) is 15.9. The molecule has 2 rings (SSSR count). The van der Waals surface area contributed by atoms with E-state index in [1.807, 2.05) is 23.1 Å². The first-order chi connectivity index (χ1) is 12.3. The molecule has 1 aliphatic rings. The topological polar surface area (TPSA) is 63.5 Å². The Morgan fingerprint density at radius 3 is 2.76 bits per heavy atom. The van der Waals surface area contributed by atoms with Crippen molar-refractivity contribution in [1.29, 1.82) is 0 Å². The molecule has 25 heavy (non-hydrogen) atoms. The Labute approximate surface area is 152 Å². The Bertz CT molecular complexity index is 466. The van der Waals surface area contributed by atoms with Gasteiger partial charge in [0, 0.05) is 38.6 Å². The molecular weight excluding hydrogens is 314 g/mol. The predicted molar refractivity (Wildman–Crippen MR) is 103 cm³/mol. The van der Waals surface area contributed by atoms with Gasteiger partial charge in [0.15, 0.2) is 5.96 Å². The number of aliphatic imine (C=N–C) groups is 1. The lowest BCUT2D eigenvalue weighted by atomic mass is 10.1. The van der Waals surface area contributed by atoms with E-state index < -0.39 is 0 Å². The summed E-state index contributed by atoms with van der Waals surface area (Å²) in [5, 5.41) is 10.9. The van der Waals surface area contributed by atoms with Crippen molar-refractivity contribution in [2.45, 2.75) is 65.0 Å². The fourth-order valence-corrected chi connectivity index (χ4v) is 3.18. The number of hydrogen-bond acceptors (Lipinski definition) is 3. The van der Waals surface area contributed by atoms with Crippen LogP contribution in [0.1, 0.15) is 52.4 Å². The highest BCUT2D eigenvalue weighted by atomic mass is 16.5. The average Bonchev–Trinajstić information content (AvgIpc) is 2.97. The third-order valence-corrected chi connectivity index (χ3v) is 4.51. The second kappa shape index (κ2) is 11.9. The molecule has 1 saturated carbocycles.